The molecule has 4 rings (SSSR count). The number of halogens is 3. The van der Waals surface area contributed by atoms with Crippen molar-refractivity contribution in [2.75, 3.05) is 0 Å². The molecule has 0 spiro atoms. The van der Waals surface area contributed by atoms with Crippen molar-refractivity contribution in [3.63, 3.8) is 0 Å². The molecular formula is C21H18F3N5O3. The second-order valence-corrected chi connectivity index (χ2v) is 7.11. The number of hydrogen-bond acceptors (Lipinski definition) is 7. The molecule has 166 valence electrons. The van der Waals surface area contributed by atoms with Crippen molar-refractivity contribution in [2.45, 2.75) is 39.5 Å². The SMILES string of the molecule is Cc1nc2nc(C(F)(F)F)nn2c(C)c1CCC(=O)OCc1cc(-c2ccccc2)no1. The van der Waals surface area contributed by atoms with Crippen LogP contribution in [-0.4, -0.2) is 30.7 Å². The predicted octanol–water partition coefficient (Wildman–Crippen LogP) is 4.09. The molecule has 0 aliphatic rings. The van der Waals surface area contributed by atoms with Crippen LogP contribution in [0.15, 0.2) is 40.9 Å². The Balaban J connectivity index is 1.39. The van der Waals surface area contributed by atoms with Gasteiger partial charge < -0.3 is 9.26 Å². The number of rotatable bonds is 6. The monoisotopic (exact) mass is 445 g/mol. The van der Waals surface area contributed by atoms with Crippen molar-refractivity contribution in [3.8, 4) is 11.3 Å². The Bertz CT molecular complexity index is 1270. The molecule has 0 N–H and O–H groups in total. The lowest BCUT2D eigenvalue weighted by atomic mass is 10.1. The van der Waals surface area contributed by atoms with E-state index in [4.69, 9.17) is 9.26 Å². The predicted molar refractivity (Wildman–Crippen MR) is 105 cm³/mol. The Hall–Kier alpha value is -3.76. The van der Waals surface area contributed by atoms with Crippen LogP contribution in [-0.2, 0) is 28.7 Å². The smallest absolute Gasteiger partial charge is 0.453 e. The normalized spacial score (nSPS) is 11.8. The molecule has 0 bridgehead atoms. The lowest BCUT2D eigenvalue weighted by molar-refractivity contribution is -0.146. The molecule has 3 aromatic heterocycles. The van der Waals surface area contributed by atoms with Gasteiger partial charge in [-0.3, -0.25) is 4.79 Å². The van der Waals surface area contributed by atoms with Crippen LogP contribution in [0.3, 0.4) is 0 Å². The van der Waals surface area contributed by atoms with E-state index in [2.05, 4.69) is 20.2 Å². The zero-order valence-corrected chi connectivity index (χ0v) is 17.2. The maximum Gasteiger partial charge on any atom is 0.453 e. The molecule has 0 aliphatic carbocycles. The summed E-state index contributed by atoms with van der Waals surface area (Å²) in [5.74, 6) is -1.49. The summed E-state index contributed by atoms with van der Waals surface area (Å²) in [5, 5.41) is 7.46. The third-order valence-corrected chi connectivity index (χ3v) is 4.89. The van der Waals surface area contributed by atoms with Gasteiger partial charge in [-0.2, -0.15) is 18.2 Å². The highest BCUT2D eigenvalue weighted by atomic mass is 19.4. The van der Waals surface area contributed by atoms with Crippen LogP contribution in [0.4, 0.5) is 13.2 Å². The quantitative estimate of drug-likeness (QED) is 0.413. The number of aryl methyl sites for hydroxylation is 2. The highest BCUT2D eigenvalue weighted by Crippen LogP contribution is 2.27. The molecule has 0 unspecified atom stereocenters. The van der Waals surface area contributed by atoms with Crippen LogP contribution in [0.5, 0.6) is 0 Å². The number of benzene rings is 1. The first-order valence-electron chi connectivity index (χ1n) is 9.69. The first kappa shape index (κ1) is 21.5. The number of alkyl halides is 3. The van der Waals surface area contributed by atoms with Crippen molar-refractivity contribution in [3.05, 3.63) is 64.9 Å². The van der Waals surface area contributed by atoms with E-state index < -0.39 is 18.0 Å². The first-order chi connectivity index (χ1) is 15.2. The molecule has 8 nitrogen and oxygen atoms in total. The molecule has 3 heterocycles. The maximum atomic E-state index is 12.9. The summed E-state index contributed by atoms with van der Waals surface area (Å²) >= 11 is 0. The van der Waals surface area contributed by atoms with Gasteiger partial charge >= 0.3 is 12.1 Å². The summed E-state index contributed by atoms with van der Waals surface area (Å²) in [7, 11) is 0. The summed E-state index contributed by atoms with van der Waals surface area (Å²) in [5.41, 5.74) is 3.04. The second-order valence-electron chi connectivity index (χ2n) is 7.11. The summed E-state index contributed by atoms with van der Waals surface area (Å²) in [6, 6.07) is 11.1. The number of ether oxygens (including phenoxy) is 1. The number of esters is 1. The van der Waals surface area contributed by atoms with E-state index in [0.29, 0.717) is 28.4 Å². The van der Waals surface area contributed by atoms with Gasteiger partial charge in [-0.05, 0) is 25.8 Å². The Labute approximate surface area is 180 Å². The fourth-order valence-electron chi connectivity index (χ4n) is 3.27. The summed E-state index contributed by atoms with van der Waals surface area (Å²) in [6.07, 6.45) is -4.43. The molecule has 11 heteroatoms. The lowest BCUT2D eigenvalue weighted by Crippen LogP contribution is -2.11. The van der Waals surface area contributed by atoms with Crippen LogP contribution < -0.4 is 0 Å². The van der Waals surface area contributed by atoms with Gasteiger partial charge in [0.15, 0.2) is 12.4 Å². The topological polar surface area (TPSA) is 95.4 Å². The van der Waals surface area contributed by atoms with Gasteiger partial charge in [0.2, 0.25) is 0 Å². The fraction of sp³-hybridized carbons (Fsp3) is 0.286. The zero-order chi connectivity index (χ0) is 22.9. The van der Waals surface area contributed by atoms with Gasteiger partial charge in [-0.1, -0.05) is 35.5 Å². The van der Waals surface area contributed by atoms with E-state index in [1.54, 1.807) is 19.9 Å². The van der Waals surface area contributed by atoms with Gasteiger partial charge in [0.25, 0.3) is 11.6 Å². The van der Waals surface area contributed by atoms with Crippen molar-refractivity contribution < 1.29 is 27.2 Å². The fourth-order valence-corrected chi connectivity index (χ4v) is 3.27. The number of fused-ring (bicyclic) bond motifs is 1. The van der Waals surface area contributed by atoms with Crippen LogP contribution in [0.2, 0.25) is 0 Å². The number of carbonyl (C=O) groups excluding carboxylic acids is 1. The average Bonchev–Trinajstić information content (AvgIpc) is 3.40. The number of aromatic nitrogens is 5. The second kappa shape index (κ2) is 8.40. The number of carbonyl (C=O) groups is 1. The van der Waals surface area contributed by atoms with Gasteiger partial charge in [0.05, 0.1) is 0 Å². The highest BCUT2D eigenvalue weighted by Gasteiger charge is 2.37. The minimum atomic E-state index is -4.67. The minimum Gasteiger partial charge on any atom is -0.457 e. The van der Waals surface area contributed by atoms with Crippen molar-refractivity contribution >= 4 is 11.7 Å². The van der Waals surface area contributed by atoms with Crippen LogP contribution >= 0.6 is 0 Å². The standard InChI is InChI=1S/C21H18F3N5O3/c1-12-16(13(2)29-20(25-12)26-19(27-29)21(22,23)24)8-9-18(30)31-11-15-10-17(28-32-15)14-6-4-3-5-7-14/h3-7,10H,8-9,11H2,1-2H3. The third-order valence-electron chi connectivity index (χ3n) is 4.89. The van der Waals surface area contributed by atoms with E-state index in [1.807, 2.05) is 30.3 Å². The summed E-state index contributed by atoms with van der Waals surface area (Å²) in [6.45, 7) is 3.18. The van der Waals surface area contributed by atoms with Crippen molar-refractivity contribution in [1.29, 1.82) is 0 Å². The van der Waals surface area contributed by atoms with Gasteiger partial charge in [-0.15, -0.1) is 5.10 Å². The molecule has 4 aromatic rings. The molecule has 1 aromatic carbocycles. The van der Waals surface area contributed by atoms with Crippen LogP contribution in [0.1, 0.15) is 35.0 Å². The molecule has 0 saturated heterocycles. The molecule has 0 aliphatic heterocycles. The van der Waals surface area contributed by atoms with Crippen LogP contribution in [0, 0.1) is 13.8 Å². The molecule has 0 radical (unpaired) electrons. The largest absolute Gasteiger partial charge is 0.457 e. The zero-order valence-electron chi connectivity index (χ0n) is 17.2. The molecule has 0 saturated carbocycles. The Kier molecular flexibility index (Phi) is 5.64. The van der Waals surface area contributed by atoms with E-state index in [9.17, 15) is 18.0 Å². The molecular weight excluding hydrogens is 427 g/mol. The molecule has 32 heavy (non-hydrogen) atoms. The molecule has 0 amide bonds. The lowest BCUT2D eigenvalue weighted by Gasteiger charge is -2.10. The first-order valence-corrected chi connectivity index (χ1v) is 9.69. The van der Waals surface area contributed by atoms with E-state index >= 15 is 0 Å². The molecule has 0 atom stereocenters. The third kappa shape index (κ3) is 4.46. The van der Waals surface area contributed by atoms with Gasteiger partial charge in [0, 0.05) is 29.4 Å². The number of hydrogen-bond donors (Lipinski definition) is 0. The van der Waals surface area contributed by atoms with E-state index in [-0.39, 0.29) is 25.2 Å². The highest BCUT2D eigenvalue weighted by molar-refractivity contribution is 5.70. The minimum absolute atomic E-state index is 0.00930. The Morgan fingerprint density at radius 3 is 2.62 bits per heavy atom. The Morgan fingerprint density at radius 2 is 1.91 bits per heavy atom. The van der Waals surface area contributed by atoms with Gasteiger partial charge in [0.1, 0.15) is 5.69 Å². The maximum absolute atomic E-state index is 12.9. The number of nitrogens with zero attached hydrogens (tertiary/aromatic N) is 5. The Morgan fingerprint density at radius 1 is 1.16 bits per heavy atom. The van der Waals surface area contributed by atoms with Crippen molar-refractivity contribution in [1.82, 2.24) is 24.7 Å². The van der Waals surface area contributed by atoms with Crippen LogP contribution in [0.25, 0.3) is 17.0 Å². The summed E-state index contributed by atoms with van der Waals surface area (Å²) in [4.78, 5) is 19.7. The van der Waals surface area contributed by atoms with E-state index in [0.717, 1.165) is 10.1 Å². The summed E-state index contributed by atoms with van der Waals surface area (Å²) < 4.78 is 50.2. The van der Waals surface area contributed by atoms with E-state index in [1.165, 1.54) is 0 Å². The van der Waals surface area contributed by atoms with Gasteiger partial charge in [-0.25, -0.2) is 9.50 Å². The van der Waals surface area contributed by atoms with Crippen molar-refractivity contribution in [2.24, 2.45) is 0 Å². The average molecular weight is 445 g/mol. The molecule has 0 fully saturated rings.